The van der Waals surface area contributed by atoms with Crippen LogP contribution >= 0.6 is 15.9 Å². The standard InChI is InChI=1S/C11H8BrN5O/c12-7-2-1-3-8(13)9(7)18-11-10-16-15-6-17(10)5-4-14-11/h1-6H,13H2. The minimum absolute atomic E-state index is 0.355. The Hall–Kier alpha value is -2.15. The van der Waals surface area contributed by atoms with Gasteiger partial charge in [-0.05, 0) is 28.1 Å². The van der Waals surface area contributed by atoms with Crippen LogP contribution in [0.5, 0.6) is 11.6 Å². The topological polar surface area (TPSA) is 78.3 Å². The molecule has 0 aliphatic carbocycles. The molecule has 1 aromatic carbocycles. The number of hydrogen-bond donors (Lipinski definition) is 1. The molecule has 2 heterocycles. The van der Waals surface area contributed by atoms with Crippen LogP contribution in [0.3, 0.4) is 0 Å². The van der Waals surface area contributed by atoms with Crippen LogP contribution in [0.4, 0.5) is 5.69 Å². The molecule has 2 N–H and O–H groups in total. The Morgan fingerprint density at radius 2 is 2.22 bits per heavy atom. The third kappa shape index (κ3) is 1.78. The Kier molecular flexibility index (Phi) is 2.60. The van der Waals surface area contributed by atoms with Crippen LogP contribution in [0.2, 0.25) is 0 Å². The predicted molar refractivity (Wildman–Crippen MR) is 69.4 cm³/mol. The normalized spacial score (nSPS) is 10.7. The van der Waals surface area contributed by atoms with Crippen molar-refractivity contribution in [1.82, 2.24) is 19.6 Å². The lowest BCUT2D eigenvalue weighted by Crippen LogP contribution is -1.97. The van der Waals surface area contributed by atoms with Gasteiger partial charge in [0.15, 0.2) is 5.75 Å². The molecule has 2 aromatic heterocycles. The molecule has 0 saturated carbocycles. The van der Waals surface area contributed by atoms with E-state index in [1.54, 1.807) is 29.2 Å². The molecule has 0 aliphatic heterocycles. The number of benzene rings is 1. The summed E-state index contributed by atoms with van der Waals surface area (Å²) < 4.78 is 8.18. The van der Waals surface area contributed by atoms with Crippen molar-refractivity contribution < 1.29 is 4.74 Å². The van der Waals surface area contributed by atoms with Crippen molar-refractivity contribution in [1.29, 1.82) is 0 Å². The average molecular weight is 306 g/mol. The molecule has 0 aliphatic rings. The SMILES string of the molecule is Nc1cccc(Br)c1Oc1nccn2cnnc12. The van der Waals surface area contributed by atoms with Crippen molar-refractivity contribution in [3.63, 3.8) is 0 Å². The van der Waals surface area contributed by atoms with Crippen molar-refractivity contribution in [2.75, 3.05) is 5.73 Å². The monoisotopic (exact) mass is 305 g/mol. The summed E-state index contributed by atoms with van der Waals surface area (Å²) in [4.78, 5) is 4.13. The first-order valence-electron chi connectivity index (χ1n) is 5.12. The summed E-state index contributed by atoms with van der Waals surface area (Å²) in [6.45, 7) is 0. The summed E-state index contributed by atoms with van der Waals surface area (Å²) in [5, 5.41) is 7.74. The number of halogens is 1. The Morgan fingerprint density at radius 3 is 3.06 bits per heavy atom. The Labute approximate surface area is 111 Å². The number of nitrogens with two attached hydrogens (primary N) is 1. The van der Waals surface area contributed by atoms with Gasteiger partial charge in [-0.1, -0.05) is 6.07 Å². The maximum atomic E-state index is 5.86. The van der Waals surface area contributed by atoms with Crippen LogP contribution < -0.4 is 10.5 Å². The second-order valence-electron chi connectivity index (χ2n) is 3.55. The summed E-state index contributed by atoms with van der Waals surface area (Å²) in [5.41, 5.74) is 6.92. The number of nitrogens with zero attached hydrogens (tertiary/aromatic N) is 4. The number of fused-ring (bicyclic) bond motifs is 1. The van der Waals surface area contributed by atoms with E-state index >= 15 is 0 Å². The average Bonchev–Trinajstić information content (AvgIpc) is 2.83. The number of hydrogen-bond acceptors (Lipinski definition) is 5. The van der Waals surface area contributed by atoms with Gasteiger partial charge in [0.2, 0.25) is 5.65 Å². The quantitative estimate of drug-likeness (QED) is 0.735. The number of para-hydroxylation sites is 1. The molecule has 0 fully saturated rings. The molecule has 0 spiro atoms. The van der Waals surface area contributed by atoms with Gasteiger partial charge < -0.3 is 10.5 Å². The zero-order chi connectivity index (χ0) is 12.5. The third-order valence-electron chi connectivity index (χ3n) is 2.38. The number of rotatable bonds is 2. The zero-order valence-electron chi connectivity index (χ0n) is 9.12. The fraction of sp³-hybridized carbons (Fsp3) is 0. The number of aromatic nitrogens is 4. The smallest absolute Gasteiger partial charge is 0.265 e. The Balaban J connectivity index is 2.09. The van der Waals surface area contributed by atoms with E-state index in [-0.39, 0.29) is 0 Å². The van der Waals surface area contributed by atoms with Crippen molar-refractivity contribution >= 4 is 27.3 Å². The Morgan fingerprint density at radius 1 is 1.33 bits per heavy atom. The van der Waals surface area contributed by atoms with Gasteiger partial charge in [0.1, 0.15) is 6.33 Å². The van der Waals surface area contributed by atoms with E-state index in [0.717, 1.165) is 4.47 Å². The fourth-order valence-electron chi connectivity index (χ4n) is 1.54. The van der Waals surface area contributed by atoms with E-state index in [0.29, 0.717) is 23.0 Å². The molecule has 18 heavy (non-hydrogen) atoms. The molecule has 3 aromatic rings. The maximum Gasteiger partial charge on any atom is 0.265 e. The van der Waals surface area contributed by atoms with Crippen LogP contribution in [0.1, 0.15) is 0 Å². The third-order valence-corrected chi connectivity index (χ3v) is 3.00. The molecule has 0 unspecified atom stereocenters. The Bertz CT molecular complexity index is 691. The molecule has 0 atom stereocenters. The molecule has 0 amide bonds. The first-order chi connectivity index (χ1) is 8.75. The zero-order valence-corrected chi connectivity index (χ0v) is 10.7. The van der Waals surface area contributed by atoms with Crippen LogP contribution in [0, 0.1) is 0 Å². The van der Waals surface area contributed by atoms with Gasteiger partial charge in [-0.2, -0.15) is 0 Å². The van der Waals surface area contributed by atoms with E-state index in [2.05, 4.69) is 31.1 Å². The summed E-state index contributed by atoms with van der Waals surface area (Å²) in [6.07, 6.45) is 4.93. The van der Waals surface area contributed by atoms with Crippen molar-refractivity contribution in [2.24, 2.45) is 0 Å². The van der Waals surface area contributed by atoms with Crippen LogP contribution in [0.15, 0.2) is 41.4 Å². The molecule has 0 saturated heterocycles. The van der Waals surface area contributed by atoms with E-state index in [4.69, 9.17) is 10.5 Å². The van der Waals surface area contributed by atoms with Gasteiger partial charge >= 0.3 is 0 Å². The number of anilines is 1. The highest BCUT2D eigenvalue weighted by atomic mass is 79.9. The highest BCUT2D eigenvalue weighted by Gasteiger charge is 2.11. The molecule has 90 valence electrons. The lowest BCUT2D eigenvalue weighted by molar-refractivity contribution is 0.464. The molecular formula is C11H8BrN5O. The largest absolute Gasteiger partial charge is 0.432 e. The molecule has 6 nitrogen and oxygen atoms in total. The lowest BCUT2D eigenvalue weighted by Gasteiger charge is -2.09. The summed E-state index contributed by atoms with van der Waals surface area (Å²) >= 11 is 3.38. The highest BCUT2D eigenvalue weighted by molar-refractivity contribution is 9.10. The highest BCUT2D eigenvalue weighted by Crippen LogP contribution is 2.34. The lowest BCUT2D eigenvalue weighted by atomic mass is 10.3. The molecule has 0 bridgehead atoms. The van der Waals surface area contributed by atoms with Crippen molar-refractivity contribution in [3.8, 4) is 11.6 Å². The fourth-order valence-corrected chi connectivity index (χ4v) is 2.00. The second kappa shape index (κ2) is 4.26. The van der Waals surface area contributed by atoms with Crippen molar-refractivity contribution in [3.05, 3.63) is 41.4 Å². The van der Waals surface area contributed by atoms with Gasteiger partial charge in [0.05, 0.1) is 10.2 Å². The minimum atomic E-state index is 0.355. The van der Waals surface area contributed by atoms with Gasteiger partial charge in [0.25, 0.3) is 5.88 Å². The molecule has 7 heteroatoms. The van der Waals surface area contributed by atoms with E-state index in [1.165, 1.54) is 0 Å². The van der Waals surface area contributed by atoms with Gasteiger partial charge in [-0.25, -0.2) is 4.98 Å². The molecule has 3 rings (SSSR count). The van der Waals surface area contributed by atoms with Gasteiger partial charge in [-0.15, -0.1) is 10.2 Å². The summed E-state index contributed by atoms with van der Waals surface area (Å²) in [7, 11) is 0. The van der Waals surface area contributed by atoms with Gasteiger partial charge in [-0.3, -0.25) is 4.40 Å². The van der Waals surface area contributed by atoms with E-state index < -0.39 is 0 Å². The van der Waals surface area contributed by atoms with Crippen LogP contribution in [0.25, 0.3) is 5.65 Å². The number of nitrogen functional groups attached to an aromatic ring is 1. The first-order valence-corrected chi connectivity index (χ1v) is 5.91. The van der Waals surface area contributed by atoms with E-state index in [9.17, 15) is 0 Å². The second-order valence-corrected chi connectivity index (χ2v) is 4.41. The van der Waals surface area contributed by atoms with Crippen LogP contribution in [-0.2, 0) is 0 Å². The number of ether oxygens (including phenoxy) is 1. The molecule has 0 radical (unpaired) electrons. The van der Waals surface area contributed by atoms with Gasteiger partial charge in [0, 0.05) is 12.4 Å². The summed E-state index contributed by atoms with van der Waals surface area (Å²) in [5.74, 6) is 0.870. The first kappa shape index (κ1) is 11.0. The van der Waals surface area contributed by atoms with Crippen molar-refractivity contribution in [2.45, 2.75) is 0 Å². The summed E-state index contributed by atoms with van der Waals surface area (Å²) in [6, 6.07) is 5.43. The predicted octanol–water partition coefficient (Wildman–Crippen LogP) is 2.26. The molecular weight excluding hydrogens is 298 g/mol. The van der Waals surface area contributed by atoms with E-state index in [1.807, 2.05) is 12.1 Å². The minimum Gasteiger partial charge on any atom is -0.432 e. The van der Waals surface area contributed by atoms with Crippen LogP contribution in [-0.4, -0.2) is 19.6 Å². The maximum absolute atomic E-state index is 5.86.